The van der Waals surface area contributed by atoms with E-state index in [2.05, 4.69) is 6.92 Å². The number of hydrogen-bond acceptors (Lipinski definition) is 4. The zero-order valence-electron chi connectivity index (χ0n) is 19.0. The van der Waals surface area contributed by atoms with Gasteiger partial charge in [-0.3, -0.25) is 9.59 Å². The van der Waals surface area contributed by atoms with Gasteiger partial charge in [0.1, 0.15) is 5.69 Å². The van der Waals surface area contributed by atoms with Crippen molar-refractivity contribution in [3.8, 4) is 0 Å². The van der Waals surface area contributed by atoms with Crippen LogP contribution >= 0.6 is 0 Å². The highest BCUT2D eigenvalue weighted by Gasteiger charge is 2.28. The van der Waals surface area contributed by atoms with Gasteiger partial charge in [-0.2, -0.15) is 0 Å². The molecule has 0 saturated heterocycles. The van der Waals surface area contributed by atoms with Gasteiger partial charge in [-0.15, -0.1) is 0 Å². The Labute approximate surface area is 178 Å². The molecule has 0 saturated carbocycles. The zero-order chi connectivity index (χ0) is 22.6. The van der Waals surface area contributed by atoms with Crippen LogP contribution in [0, 0.1) is 13.8 Å². The summed E-state index contributed by atoms with van der Waals surface area (Å²) in [7, 11) is 1.74. The first kappa shape index (κ1) is 23.4. The fraction of sp³-hybridized carbons (Fsp3) is 0.458. The summed E-state index contributed by atoms with van der Waals surface area (Å²) in [6.45, 7) is 11.3. The number of amides is 1. The van der Waals surface area contributed by atoms with Crippen LogP contribution in [0.2, 0.25) is 0 Å². The monoisotopic (exact) mass is 412 g/mol. The molecule has 0 fully saturated rings. The number of hydrogen-bond donors (Lipinski definition) is 0. The topological polar surface area (TPSA) is 68.6 Å². The second-order valence-electron chi connectivity index (χ2n) is 7.71. The van der Waals surface area contributed by atoms with Gasteiger partial charge in [-0.05, 0) is 64.3 Å². The van der Waals surface area contributed by atoms with Crippen LogP contribution in [0.5, 0.6) is 0 Å². The second kappa shape index (κ2) is 9.74. The first-order valence-corrected chi connectivity index (χ1v) is 10.4. The lowest BCUT2D eigenvalue weighted by molar-refractivity contribution is 0.0513. The van der Waals surface area contributed by atoms with E-state index in [1.165, 1.54) is 0 Å². The summed E-state index contributed by atoms with van der Waals surface area (Å²) < 4.78 is 6.82. The number of carbonyl (C=O) groups excluding carboxylic acids is 3. The van der Waals surface area contributed by atoms with Crippen molar-refractivity contribution < 1.29 is 19.1 Å². The number of aromatic nitrogens is 1. The highest BCUT2D eigenvalue weighted by atomic mass is 16.5. The predicted molar refractivity (Wildman–Crippen MR) is 117 cm³/mol. The largest absolute Gasteiger partial charge is 0.461 e. The maximum absolute atomic E-state index is 13.2. The standard InChI is InChI=1S/C24H32N2O4/c1-8-18-10-12-19(13-11-18)23(28)26(15(3)4)14-20(27)21-16(5)22(24(29)30-9-2)25(7)17(21)6/h10-13,15H,8-9,14H2,1-7H3. The molecule has 0 aliphatic rings. The lowest BCUT2D eigenvalue weighted by Crippen LogP contribution is -2.41. The molecule has 1 aromatic carbocycles. The van der Waals surface area contributed by atoms with E-state index in [0.29, 0.717) is 28.1 Å². The van der Waals surface area contributed by atoms with E-state index < -0.39 is 5.97 Å². The van der Waals surface area contributed by atoms with Crippen LogP contribution in [0.1, 0.15) is 75.7 Å². The number of ether oxygens (including phenoxy) is 1. The average Bonchev–Trinajstić information content (AvgIpc) is 2.94. The van der Waals surface area contributed by atoms with Crippen LogP contribution in [0.25, 0.3) is 0 Å². The fourth-order valence-electron chi connectivity index (χ4n) is 3.65. The Balaban J connectivity index is 2.34. The van der Waals surface area contributed by atoms with Crippen LogP contribution in [0.15, 0.2) is 24.3 Å². The number of benzene rings is 1. The Kier molecular flexibility index (Phi) is 7.59. The van der Waals surface area contributed by atoms with Gasteiger partial charge in [0.2, 0.25) is 0 Å². The SMILES string of the molecule is CCOC(=O)c1c(C)c(C(=O)CN(C(=O)c2ccc(CC)cc2)C(C)C)c(C)n1C. The van der Waals surface area contributed by atoms with Gasteiger partial charge in [0.25, 0.3) is 5.91 Å². The quantitative estimate of drug-likeness (QED) is 0.483. The van der Waals surface area contributed by atoms with E-state index in [9.17, 15) is 14.4 Å². The van der Waals surface area contributed by atoms with Crippen molar-refractivity contribution in [2.45, 2.75) is 54.0 Å². The first-order chi connectivity index (χ1) is 14.1. The minimum atomic E-state index is -0.451. The number of esters is 1. The molecule has 1 heterocycles. The highest BCUT2D eigenvalue weighted by molar-refractivity contribution is 6.06. The number of aryl methyl sites for hydroxylation is 1. The third-order valence-corrected chi connectivity index (χ3v) is 5.49. The molecule has 1 aromatic heterocycles. The molecule has 0 unspecified atom stereocenters. The molecule has 6 nitrogen and oxygen atoms in total. The van der Waals surface area contributed by atoms with Crippen molar-refractivity contribution in [3.05, 3.63) is 57.9 Å². The minimum absolute atomic E-state index is 0.0556. The summed E-state index contributed by atoms with van der Waals surface area (Å²) in [5.74, 6) is -0.825. The van der Waals surface area contributed by atoms with E-state index in [4.69, 9.17) is 4.74 Å². The van der Waals surface area contributed by atoms with Crippen molar-refractivity contribution in [2.75, 3.05) is 13.2 Å². The molecule has 30 heavy (non-hydrogen) atoms. The molecule has 162 valence electrons. The number of rotatable bonds is 8. The smallest absolute Gasteiger partial charge is 0.355 e. The Morgan fingerprint density at radius 3 is 2.17 bits per heavy atom. The van der Waals surface area contributed by atoms with E-state index in [1.807, 2.05) is 26.0 Å². The van der Waals surface area contributed by atoms with Gasteiger partial charge in [-0.25, -0.2) is 4.79 Å². The van der Waals surface area contributed by atoms with Crippen molar-refractivity contribution in [3.63, 3.8) is 0 Å². The van der Waals surface area contributed by atoms with Crippen LogP contribution in [0.3, 0.4) is 0 Å². The fourth-order valence-corrected chi connectivity index (χ4v) is 3.65. The second-order valence-corrected chi connectivity index (χ2v) is 7.71. The maximum atomic E-state index is 13.2. The summed E-state index contributed by atoms with van der Waals surface area (Å²) in [4.78, 5) is 40.2. The molecule has 0 spiro atoms. The molecule has 0 aliphatic carbocycles. The molecule has 2 rings (SSSR count). The van der Waals surface area contributed by atoms with E-state index >= 15 is 0 Å². The molecule has 1 amide bonds. The van der Waals surface area contributed by atoms with Crippen molar-refractivity contribution in [1.82, 2.24) is 9.47 Å². The number of nitrogens with zero attached hydrogens (tertiary/aromatic N) is 2. The van der Waals surface area contributed by atoms with Crippen molar-refractivity contribution >= 4 is 17.7 Å². The minimum Gasteiger partial charge on any atom is -0.461 e. The van der Waals surface area contributed by atoms with Gasteiger partial charge < -0.3 is 14.2 Å². The van der Waals surface area contributed by atoms with Crippen molar-refractivity contribution in [2.24, 2.45) is 7.05 Å². The maximum Gasteiger partial charge on any atom is 0.355 e. The third-order valence-electron chi connectivity index (χ3n) is 5.49. The Morgan fingerprint density at radius 1 is 1.07 bits per heavy atom. The molecule has 0 aliphatic heterocycles. The molecule has 0 N–H and O–H groups in total. The molecule has 6 heteroatoms. The third kappa shape index (κ3) is 4.64. The molecule has 2 aromatic rings. The average molecular weight is 413 g/mol. The normalized spacial score (nSPS) is 10.9. The Morgan fingerprint density at radius 2 is 1.67 bits per heavy atom. The highest BCUT2D eigenvalue weighted by Crippen LogP contribution is 2.23. The van der Waals surface area contributed by atoms with Crippen LogP contribution in [0.4, 0.5) is 0 Å². The number of Topliss-reactive ketones (excluding diaryl/α,β-unsaturated/α-hetero) is 1. The van der Waals surface area contributed by atoms with Gasteiger partial charge in [0, 0.05) is 29.9 Å². The summed E-state index contributed by atoms with van der Waals surface area (Å²) in [6.07, 6.45) is 0.899. The summed E-state index contributed by atoms with van der Waals surface area (Å²) in [6, 6.07) is 7.33. The van der Waals surface area contributed by atoms with Gasteiger partial charge in [-0.1, -0.05) is 19.1 Å². The lowest BCUT2D eigenvalue weighted by Gasteiger charge is -2.26. The van der Waals surface area contributed by atoms with Crippen molar-refractivity contribution in [1.29, 1.82) is 0 Å². The first-order valence-electron chi connectivity index (χ1n) is 10.4. The van der Waals surface area contributed by atoms with Crippen LogP contribution in [-0.2, 0) is 18.2 Å². The van der Waals surface area contributed by atoms with Gasteiger partial charge in [0.15, 0.2) is 5.78 Å². The summed E-state index contributed by atoms with van der Waals surface area (Å²) >= 11 is 0. The zero-order valence-corrected chi connectivity index (χ0v) is 19.0. The summed E-state index contributed by atoms with van der Waals surface area (Å²) in [5.41, 5.74) is 3.82. The van der Waals surface area contributed by atoms with E-state index in [0.717, 1.165) is 12.0 Å². The van der Waals surface area contributed by atoms with E-state index in [-0.39, 0.29) is 30.9 Å². The molecule has 0 radical (unpaired) electrons. The van der Waals surface area contributed by atoms with Gasteiger partial charge >= 0.3 is 5.97 Å². The number of ketones is 1. The predicted octanol–water partition coefficient (Wildman–Crippen LogP) is 4.11. The molecular formula is C24H32N2O4. The molecular weight excluding hydrogens is 380 g/mol. The summed E-state index contributed by atoms with van der Waals surface area (Å²) in [5, 5.41) is 0. The van der Waals surface area contributed by atoms with Crippen LogP contribution in [-0.4, -0.2) is 46.3 Å². The lowest BCUT2D eigenvalue weighted by atomic mass is 10.0. The molecule has 0 atom stereocenters. The molecule has 0 bridgehead atoms. The van der Waals surface area contributed by atoms with Gasteiger partial charge in [0.05, 0.1) is 13.2 Å². The van der Waals surface area contributed by atoms with E-state index in [1.54, 1.807) is 49.4 Å². The Hall–Kier alpha value is -2.89. The number of carbonyl (C=O) groups is 3. The van der Waals surface area contributed by atoms with Crippen LogP contribution < -0.4 is 0 Å². The Bertz CT molecular complexity index is 939.